The van der Waals surface area contributed by atoms with Crippen LogP contribution in [0.2, 0.25) is 0 Å². The average molecular weight is 365 g/mol. The number of quaternary nitrogens is 1. The largest absolute Gasteiger partial charge is 0.360 e. The van der Waals surface area contributed by atoms with Crippen LogP contribution in [0.4, 0.5) is 5.82 Å². The zero-order valence-electron chi connectivity index (χ0n) is 16.2. The number of carbonyl (C=O) groups excluding carboxylic acids is 2. The summed E-state index contributed by atoms with van der Waals surface area (Å²) < 4.78 is 4.96. The van der Waals surface area contributed by atoms with Crippen LogP contribution in [0.5, 0.6) is 0 Å². The second-order valence-electron chi connectivity index (χ2n) is 7.20. The summed E-state index contributed by atoms with van der Waals surface area (Å²) in [5.74, 6) is 0.887. The Hall–Kier alpha value is -1.89. The Bertz CT molecular complexity index is 567. The predicted molar refractivity (Wildman–Crippen MR) is 100 cm³/mol. The zero-order valence-corrected chi connectivity index (χ0v) is 16.2. The van der Waals surface area contributed by atoms with Crippen LogP contribution in [0.25, 0.3) is 0 Å². The molecular weight excluding hydrogens is 332 g/mol. The van der Waals surface area contributed by atoms with Crippen molar-refractivity contribution in [3.05, 3.63) is 11.8 Å². The van der Waals surface area contributed by atoms with Crippen LogP contribution in [0.1, 0.15) is 57.6 Å². The fourth-order valence-corrected chi connectivity index (χ4v) is 3.35. The Labute approximate surface area is 156 Å². The highest BCUT2D eigenvalue weighted by Crippen LogP contribution is 2.08. The first-order valence-electron chi connectivity index (χ1n) is 9.93. The average Bonchev–Trinajstić information content (AvgIpc) is 3.27. The maximum absolute atomic E-state index is 12.6. The Morgan fingerprint density at radius 3 is 2.69 bits per heavy atom. The molecule has 7 heteroatoms. The summed E-state index contributed by atoms with van der Waals surface area (Å²) in [5.41, 5.74) is 0. The van der Waals surface area contributed by atoms with Crippen LogP contribution in [-0.4, -0.2) is 54.6 Å². The molecular formula is C19H33N4O3+. The summed E-state index contributed by atoms with van der Waals surface area (Å²) in [6.45, 7) is 7.89. The number of aromatic nitrogens is 1. The van der Waals surface area contributed by atoms with E-state index in [1.807, 2.05) is 0 Å². The molecule has 26 heavy (non-hydrogen) atoms. The fraction of sp³-hybridized carbons (Fsp3) is 0.737. The summed E-state index contributed by atoms with van der Waals surface area (Å²) in [7, 11) is 0. The molecule has 1 aromatic heterocycles. The molecule has 0 unspecified atom stereocenters. The first-order chi connectivity index (χ1) is 12.6. The van der Waals surface area contributed by atoms with E-state index in [2.05, 4.69) is 17.4 Å². The summed E-state index contributed by atoms with van der Waals surface area (Å²) in [6, 6.07) is 1.67. The molecule has 0 spiro atoms. The zero-order chi connectivity index (χ0) is 18.8. The van der Waals surface area contributed by atoms with E-state index in [0.717, 1.165) is 32.2 Å². The number of unbranched alkanes of at least 4 members (excludes halogenated alkanes) is 3. The van der Waals surface area contributed by atoms with Gasteiger partial charge in [0.2, 0.25) is 11.8 Å². The van der Waals surface area contributed by atoms with Crippen LogP contribution in [0, 0.1) is 6.92 Å². The topological polar surface area (TPSA) is 79.9 Å². The van der Waals surface area contributed by atoms with Gasteiger partial charge in [-0.1, -0.05) is 31.3 Å². The molecule has 2 heterocycles. The molecule has 0 bridgehead atoms. The molecule has 0 radical (unpaired) electrons. The molecule has 0 aromatic carbocycles. The van der Waals surface area contributed by atoms with Gasteiger partial charge in [0.1, 0.15) is 12.3 Å². The third-order valence-electron chi connectivity index (χ3n) is 4.87. The third kappa shape index (κ3) is 7.15. The second-order valence-corrected chi connectivity index (χ2v) is 7.20. The molecule has 2 amide bonds. The van der Waals surface area contributed by atoms with Gasteiger partial charge in [0.15, 0.2) is 5.82 Å². The third-order valence-corrected chi connectivity index (χ3v) is 4.87. The van der Waals surface area contributed by atoms with Gasteiger partial charge in [-0.15, -0.1) is 0 Å². The van der Waals surface area contributed by atoms with E-state index in [9.17, 15) is 9.59 Å². The maximum atomic E-state index is 12.6. The lowest BCUT2D eigenvalue weighted by atomic mass is 10.1. The number of nitrogens with one attached hydrogen (secondary N) is 2. The summed E-state index contributed by atoms with van der Waals surface area (Å²) in [6.07, 6.45) is 7.29. The molecule has 1 fully saturated rings. The van der Waals surface area contributed by atoms with Gasteiger partial charge in [0.05, 0.1) is 26.2 Å². The number of hydrogen-bond donors (Lipinski definition) is 2. The summed E-state index contributed by atoms with van der Waals surface area (Å²) in [4.78, 5) is 28.2. The van der Waals surface area contributed by atoms with Gasteiger partial charge >= 0.3 is 0 Å². The Kier molecular flexibility index (Phi) is 8.61. The normalized spacial score (nSPS) is 14.5. The number of rotatable bonds is 11. The van der Waals surface area contributed by atoms with Crippen molar-refractivity contribution < 1.29 is 19.0 Å². The quantitative estimate of drug-likeness (QED) is 0.581. The fourth-order valence-electron chi connectivity index (χ4n) is 3.35. The summed E-state index contributed by atoms with van der Waals surface area (Å²) >= 11 is 0. The van der Waals surface area contributed by atoms with Gasteiger partial charge in [-0.2, -0.15) is 0 Å². The van der Waals surface area contributed by atoms with Crippen molar-refractivity contribution >= 4 is 17.6 Å². The number of likely N-dealkylation sites (tertiary alicyclic amines) is 1. The van der Waals surface area contributed by atoms with Crippen LogP contribution >= 0.6 is 0 Å². The maximum Gasteiger partial charge on any atom is 0.245 e. The first-order valence-corrected chi connectivity index (χ1v) is 9.93. The van der Waals surface area contributed by atoms with Crippen LogP contribution in [0.15, 0.2) is 10.6 Å². The lowest BCUT2D eigenvalue weighted by Gasteiger charge is -2.23. The van der Waals surface area contributed by atoms with Crippen molar-refractivity contribution in [3.63, 3.8) is 0 Å². The highest BCUT2D eigenvalue weighted by molar-refractivity contribution is 5.93. The lowest BCUT2D eigenvalue weighted by molar-refractivity contribution is -0.886. The number of carbonyl (C=O) groups is 2. The van der Waals surface area contributed by atoms with Crippen molar-refractivity contribution in [2.75, 3.05) is 38.0 Å². The van der Waals surface area contributed by atoms with E-state index >= 15 is 0 Å². The smallest absolute Gasteiger partial charge is 0.245 e. The minimum atomic E-state index is -0.225. The number of aryl methyl sites for hydroxylation is 1. The van der Waals surface area contributed by atoms with E-state index in [0.29, 0.717) is 24.5 Å². The van der Waals surface area contributed by atoms with Gasteiger partial charge in [-0.3, -0.25) is 9.59 Å². The first kappa shape index (κ1) is 20.4. The standard InChI is InChI=1S/C19H32N4O3/c1-3-4-5-6-9-19(25)23(13-12-22-10-7-8-11-22)15-18(24)20-17-14-16(2)26-21-17/h14H,3-13,15H2,1-2H3,(H,20,21,24)/p+1. The Balaban J connectivity index is 1.85. The molecule has 1 aromatic rings. The number of amides is 2. The van der Waals surface area contributed by atoms with Crippen molar-refractivity contribution in [3.8, 4) is 0 Å². The molecule has 1 aliphatic heterocycles. The van der Waals surface area contributed by atoms with Crippen molar-refractivity contribution in [2.24, 2.45) is 0 Å². The Morgan fingerprint density at radius 1 is 1.27 bits per heavy atom. The van der Waals surface area contributed by atoms with Gasteiger partial charge < -0.3 is 19.6 Å². The van der Waals surface area contributed by atoms with E-state index in [4.69, 9.17) is 4.52 Å². The van der Waals surface area contributed by atoms with Crippen LogP contribution in [-0.2, 0) is 9.59 Å². The number of anilines is 1. The predicted octanol–water partition coefficient (Wildman–Crippen LogP) is 1.40. The van der Waals surface area contributed by atoms with Crippen molar-refractivity contribution in [2.45, 2.75) is 58.8 Å². The number of hydrogen-bond acceptors (Lipinski definition) is 4. The SMILES string of the molecule is CCCCCCC(=O)N(CC[NH+]1CCCC1)CC(=O)Nc1cc(C)on1. The molecule has 0 saturated carbocycles. The molecule has 2 rings (SSSR count). The van der Waals surface area contributed by atoms with E-state index < -0.39 is 0 Å². The Morgan fingerprint density at radius 2 is 2.04 bits per heavy atom. The van der Waals surface area contributed by atoms with E-state index in [1.165, 1.54) is 30.8 Å². The van der Waals surface area contributed by atoms with Crippen LogP contribution in [0.3, 0.4) is 0 Å². The molecule has 146 valence electrons. The molecule has 1 aliphatic rings. The minimum absolute atomic E-state index is 0.0752. The van der Waals surface area contributed by atoms with Crippen LogP contribution < -0.4 is 10.2 Å². The van der Waals surface area contributed by atoms with Crippen molar-refractivity contribution in [1.29, 1.82) is 0 Å². The molecule has 7 nitrogen and oxygen atoms in total. The van der Waals surface area contributed by atoms with Gasteiger partial charge in [-0.25, -0.2) is 0 Å². The summed E-state index contributed by atoms with van der Waals surface area (Å²) in [5, 5.41) is 6.48. The lowest BCUT2D eigenvalue weighted by Crippen LogP contribution is -3.10. The highest BCUT2D eigenvalue weighted by atomic mass is 16.5. The highest BCUT2D eigenvalue weighted by Gasteiger charge is 2.21. The van der Waals surface area contributed by atoms with E-state index in [1.54, 1.807) is 17.9 Å². The van der Waals surface area contributed by atoms with Gasteiger partial charge in [-0.05, 0) is 13.3 Å². The molecule has 0 aliphatic carbocycles. The van der Waals surface area contributed by atoms with E-state index in [-0.39, 0.29) is 18.4 Å². The van der Waals surface area contributed by atoms with Gasteiger partial charge in [0, 0.05) is 25.3 Å². The van der Waals surface area contributed by atoms with Gasteiger partial charge in [0.25, 0.3) is 0 Å². The number of nitrogens with zero attached hydrogens (tertiary/aromatic N) is 2. The molecule has 0 atom stereocenters. The molecule has 2 N–H and O–H groups in total. The van der Waals surface area contributed by atoms with Crippen molar-refractivity contribution in [1.82, 2.24) is 10.1 Å². The second kappa shape index (κ2) is 11.0. The minimum Gasteiger partial charge on any atom is -0.360 e. The molecule has 1 saturated heterocycles. The monoisotopic (exact) mass is 365 g/mol.